The molecule has 0 spiro atoms. The first-order valence-corrected chi connectivity index (χ1v) is 10.8. The second-order valence-corrected chi connectivity index (χ2v) is 8.39. The largest absolute Gasteiger partial charge is 0.497 e. The summed E-state index contributed by atoms with van der Waals surface area (Å²) in [6.07, 6.45) is 1.18. The highest BCUT2D eigenvalue weighted by atomic mass is 32.2. The number of hydrogen-bond acceptors (Lipinski definition) is 4. The quantitative estimate of drug-likeness (QED) is 0.641. The highest BCUT2D eigenvalue weighted by molar-refractivity contribution is 7.92. The van der Waals surface area contributed by atoms with Crippen molar-refractivity contribution in [3.63, 3.8) is 0 Å². The van der Waals surface area contributed by atoms with Crippen molar-refractivity contribution in [1.29, 1.82) is 0 Å². The summed E-state index contributed by atoms with van der Waals surface area (Å²) in [5.41, 5.74) is 2.51. The molecule has 7 heteroatoms. The van der Waals surface area contributed by atoms with Gasteiger partial charge in [0.25, 0.3) is 5.91 Å². The van der Waals surface area contributed by atoms with Crippen molar-refractivity contribution in [3.05, 3.63) is 90.0 Å². The molecule has 0 saturated carbocycles. The summed E-state index contributed by atoms with van der Waals surface area (Å²) in [5, 5.41) is 2.82. The summed E-state index contributed by atoms with van der Waals surface area (Å²) in [4.78, 5) is 12.4. The van der Waals surface area contributed by atoms with Crippen molar-refractivity contribution < 1.29 is 17.9 Å². The summed E-state index contributed by atoms with van der Waals surface area (Å²) in [5.74, 6) is 0.464. The number of rotatable bonds is 7. The lowest BCUT2D eigenvalue weighted by Gasteiger charge is -2.22. The van der Waals surface area contributed by atoms with Gasteiger partial charge >= 0.3 is 0 Å². The van der Waals surface area contributed by atoms with Crippen molar-refractivity contribution >= 4 is 27.3 Å². The lowest BCUT2D eigenvalue weighted by molar-refractivity contribution is 0.102. The molecule has 0 unspecified atom stereocenters. The van der Waals surface area contributed by atoms with Gasteiger partial charge in [0.05, 0.1) is 25.6 Å². The number of nitrogens with zero attached hydrogens (tertiary/aromatic N) is 1. The summed E-state index contributed by atoms with van der Waals surface area (Å²) in [6, 6.07) is 22.8. The van der Waals surface area contributed by atoms with Gasteiger partial charge in [-0.15, -0.1) is 0 Å². The molecule has 0 aromatic heterocycles. The average Bonchev–Trinajstić information content (AvgIpc) is 2.73. The number of benzene rings is 3. The van der Waals surface area contributed by atoms with E-state index < -0.39 is 10.0 Å². The van der Waals surface area contributed by atoms with E-state index in [0.29, 0.717) is 22.7 Å². The molecule has 0 fully saturated rings. The number of carbonyl (C=O) groups excluding carboxylic acids is 1. The van der Waals surface area contributed by atoms with Crippen molar-refractivity contribution in [2.45, 2.75) is 6.54 Å². The fraction of sp³-hybridized carbons (Fsp3) is 0.136. The van der Waals surface area contributed by atoms with E-state index >= 15 is 0 Å². The molecule has 0 atom stereocenters. The Hall–Kier alpha value is -3.32. The van der Waals surface area contributed by atoms with E-state index in [1.807, 2.05) is 6.07 Å². The van der Waals surface area contributed by atoms with Gasteiger partial charge in [-0.05, 0) is 54.1 Å². The molecule has 150 valence electrons. The molecule has 0 aliphatic rings. The fourth-order valence-corrected chi connectivity index (χ4v) is 3.69. The first kappa shape index (κ1) is 20.4. The maximum Gasteiger partial charge on any atom is 0.255 e. The van der Waals surface area contributed by atoms with E-state index in [1.165, 1.54) is 10.6 Å². The highest BCUT2D eigenvalue weighted by Crippen LogP contribution is 2.21. The molecule has 29 heavy (non-hydrogen) atoms. The SMILES string of the molecule is COc1ccc(NC(=O)c2ccc(CN(c3ccccc3)S(C)(=O)=O)cc2)cc1. The van der Waals surface area contributed by atoms with Gasteiger partial charge in [0.2, 0.25) is 10.0 Å². The second-order valence-electron chi connectivity index (χ2n) is 6.48. The van der Waals surface area contributed by atoms with Gasteiger partial charge in [-0.1, -0.05) is 30.3 Å². The summed E-state index contributed by atoms with van der Waals surface area (Å²) in [7, 11) is -1.86. The zero-order valence-electron chi connectivity index (χ0n) is 16.2. The topological polar surface area (TPSA) is 75.7 Å². The molecular weight excluding hydrogens is 388 g/mol. The second kappa shape index (κ2) is 8.79. The Morgan fingerprint density at radius 2 is 1.55 bits per heavy atom. The van der Waals surface area contributed by atoms with Gasteiger partial charge in [-0.3, -0.25) is 9.10 Å². The minimum atomic E-state index is -3.45. The number of para-hydroxylation sites is 1. The van der Waals surface area contributed by atoms with E-state index in [9.17, 15) is 13.2 Å². The van der Waals surface area contributed by atoms with Crippen molar-refractivity contribution in [3.8, 4) is 5.75 Å². The monoisotopic (exact) mass is 410 g/mol. The van der Waals surface area contributed by atoms with Crippen LogP contribution < -0.4 is 14.4 Å². The van der Waals surface area contributed by atoms with E-state index in [0.717, 1.165) is 5.56 Å². The van der Waals surface area contributed by atoms with Crippen molar-refractivity contribution in [2.75, 3.05) is 23.0 Å². The molecule has 0 radical (unpaired) electrons. The van der Waals surface area contributed by atoms with E-state index in [2.05, 4.69) is 5.32 Å². The van der Waals surface area contributed by atoms with Gasteiger partial charge in [-0.25, -0.2) is 8.42 Å². The Kier molecular flexibility index (Phi) is 6.19. The molecule has 0 heterocycles. The fourth-order valence-electron chi connectivity index (χ4n) is 2.80. The van der Waals surface area contributed by atoms with Crippen molar-refractivity contribution in [1.82, 2.24) is 0 Å². The molecule has 0 aliphatic heterocycles. The molecular formula is C22H22N2O4S. The molecule has 1 N–H and O–H groups in total. The normalized spacial score (nSPS) is 11.0. The van der Waals surface area contributed by atoms with E-state index in [1.54, 1.807) is 79.9 Å². The maximum atomic E-state index is 12.4. The number of ether oxygens (including phenoxy) is 1. The van der Waals surface area contributed by atoms with Crippen LogP contribution in [0.2, 0.25) is 0 Å². The third kappa shape index (κ3) is 5.36. The Bertz CT molecular complexity index is 1060. The summed E-state index contributed by atoms with van der Waals surface area (Å²) >= 11 is 0. The Morgan fingerprint density at radius 1 is 0.931 bits per heavy atom. The first-order valence-electron chi connectivity index (χ1n) is 8.94. The van der Waals surface area contributed by atoms with Gasteiger partial charge in [-0.2, -0.15) is 0 Å². The van der Waals surface area contributed by atoms with Crippen LogP contribution in [0.5, 0.6) is 5.75 Å². The van der Waals surface area contributed by atoms with Gasteiger partial charge in [0.15, 0.2) is 0 Å². The van der Waals surface area contributed by atoms with Crippen LogP contribution in [0.1, 0.15) is 15.9 Å². The number of hydrogen-bond donors (Lipinski definition) is 1. The molecule has 0 saturated heterocycles. The van der Waals surface area contributed by atoms with Crippen molar-refractivity contribution in [2.24, 2.45) is 0 Å². The van der Waals surface area contributed by atoms with Crippen LogP contribution >= 0.6 is 0 Å². The van der Waals surface area contributed by atoms with Crippen LogP contribution in [0.3, 0.4) is 0 Å². The zero-order valence-corrected chi connectivity index (χ0v) is 17.0. The molecule has 3 aromatic rings. The van der Waals surface area contributed by atoms with E-state index in [4.69, 9.17) is 4.74 Å². The lowest BCUT2D eigenvalue weighted by Crippen LogP contribution is -2.29. The standard InChI is InChI=1S/C22H22N2O4S/c1-28-21-14-12-19(13-15-21)23-22(25)18-10-8-17(9-11-18)16-24(29(2,26)27)20-6-4-3-5-7-20/h3-15H,16H2,1-2H3,(H,23,25). The Morgan fingerprint density at radius 3 is 2.10 bits per heavy atom. The molecule has 3 aromatic carbocycles. The van der Waals surface area contributed by atoms with Crippen LogP contribution in [0.4, 0.5) is 11.4 Å². The predicted molar refractivity (Wildman–Crippen MR) is 115 cm³/mol. The number of methoxy groups -OCH3 is 1. The molecule has 0 aliphatic carbocycles. The zero-order chi connectivity index (χ0) is 20.9. The van der Waals surface area contributed by atoms with Gasteiger partial charge < -0.3 is 10.1 Å². The Balaban J connectivity index is 1.72. The number of carbonyl (C=O) groups is 1. The average molecular weight is 410 g/mol. The van der Waals surface area contributed by atoms with Crippen LogP contribution in [-0.4, -0.2) is 27.7 Å². The minimum absolute atomic E-state index is 0.184. The third-order valence-electron chi connectivity index (χ3n) is 4.33. The number of nitrogens with one attached hydrogen (secondary N) is 1. The third-order valence-corrected chi connectivity index (χ3v) is 5.48. The van der Waals surface area contributed by atoms with Gasteiger partial charge in [0, 0.05) is 11.3 Å². The van der Waals surface area contributed by atoms with Crippen LogP contribution in [0, 0.1) is 0 Å². The predicted octanol–water partition coefficient (Wildman–Crippen LogP) is 3.91. The smallest absolute Gasteiger partial charge is 0.255 e. The molecule has 6 nitrogen and oxygen atoms in total. The minimum Gasteiger partial charge on any atom is -0.497 e. The number of anilines is 2. The first-order chi connectivity index (χ1) is 13.9. The number of amides is 1. The van der Waals surface area contributed by atoms with Gasteiger partial charge in [0.1, 0.15) is 5.75 Å². The summed E-state index contributed by atoms with van der Waals surface area (Å²) in [6.45, 7) is 0.184. The lowest BCUT2D eigenvalue weighted by atomic mass is 10.1. The molecule has 0 bridgehead atoms. The molecule has 3 rings (SSSR count). The van der Waals surface area contributed by atoms with Crippen LogP contribution in [-0.2, 0) is 16.6 Å². The highest BCUT2D eigenvalue weighted by Gasteiger charge is 2.17. The molecule has 1 amide bonds. The summed E-state index contributed by atoms with van der Waals surface area (Å²) < 4.78 is 30.9. The van der Waals surface area contributed by atoms with Crippen LogP contribution in [0.25, 0.3) is 0 Å². The van der Waals surface area contributed by atoms with E-state index in [-0.39, 0.29) is 12.5 Å². The Labute approximate surface area is 170 Å². The number of sulfonamides is 1. The van der Waals surface area contributed by atoms with Crippen LogP contribution in [0.15, 0.2) is 78.9 Å². The maximum absolute atomic E-state index is 12.4.